The summed E-state index contributed by atoms with van der Waals surface area (Å²) in [4.78, 5) is 8.08. The van der Waals surface area contributed by atoms with E-state index in [0.717, 1.165) is 0 Å². The molecule has 11 heteroatoms. The highest BCUT2D eigenvalue weighted by molar-refractivity contribution is 7.89. The number of hydrogen-bond donors (Lipinski definition) is 3. The van der Waals surface area contributed by atoms with Crippen molar-refractivity contribution in [2.45, 2.75) is 49.1 Å². The van der Waals surface area contributed by atoms with Crippen molar-refractivity contribution in [1.82, 2.24) is 24.3 Å². The van der Waals surface area contributed by atoms with Crippen LogP contribution in [0.4, 0.5) is 5.82 Å². The number of benzene rings is 1. The maximum Gasteiger partial charge on any atom is 0.242 e. The van der Waals surface area contributed by atoms with Crippen LogP contribution >= 0.6 is 11.6 Å². The van der Waals surface area contributed by atoms with Gasteiger partial charge >= 0.3 is 0 Å². The molecule has 0 saturated heterocycles. The number of nitrogens with two attached hydrogens (primary N) is 1. The molecule has 2 heterocycles. The van der Waals surface area contributed by atoms with E-state index in [1.807, 2.05) is 0 Å². The molecule has 4 rings (SSSR count). The van der Waals surface area contributed by atoms with Gasteiger partial charge in [0.1, 0.15) is 11.2 Å². The molecular formula is C18H21ClN6O3S. The minimum atomic E-state index is -3.85. The topological polar surface area (TPSA) is 136 Å². The van der Waals surface area contributed by atoms with Crippen molar-refractivity contribution < 1.29 is 13.5 Å². The summed E-state index contributed by atoms with van der Waals surface area (Å²) in [6, 6.07) is 4.47. The van der Waals surface area contributed by atoms with Gasteiger partial charge in [-0.3, -0.25) is 0 Å². The van der Waals surface area contributed by atoms with E-state index in [-0.39, 0.29) is 21.8 Å². The molecule has 154 valence electrons. The Hall–Kier alpha value is -2.27. The number of nitrogens with one attached hydrogen (secondary N) is 1. The Balaban J connectivity index is 1.67. The Morgan fingerprint density at radius 2 is 2.03 bits per heavy atom. The van der Waals surface area contributed by atoms with E-state index in [2.05, 4.69) is 19.8 Å². The van der Waals surface area contributed by atoms with Gasteiger partial charge in [-0.05, 0) is 44.7 Å². The molecule has 0 spiro atoms. The van der Waals surface area contributed by atoms with Gasteiger partial charge in [-0.2, -0.15) is 5.10 Å². The maximum absolute atomic E-state index is 13.0. The third kappa shape index (κ3) is 3.93. The normalized spacial score (nSPS) is 22.8. The van der Waals surface area contributed by atoms with Crippen molar-refractivity contribution in [2.75, 3.05) is 5.73 Å². The van der Waals surface area contributed by atoms with Crippen LogP contribution in [0, 0.1) is 0 Å². The Morgan fingerprint density at radius 1 is 1.31 bits per heavy atom. The molecule has 1 saturated carbocycles. The highest BCUT2D eigenvalue weighted by Crippen LogP contribution is 2.31. The molecule has 0 aliphatic heterocycles. The fourth-order valence-corrected chi connectivity index (χ4v) is 5.37. The zero-order chi connectivity index (χ0) is 20.8. The second-order valence-corrected chi connectivity index (χ2v) is 9.65. The predicted octanol–water partition coefficient (Wildman–Crippen LogP) is 2.00. The predicted molar refractivity (Wildman–Crippen MR) is 109 cm³/mol. The van der Waals surface area contributed by atoms with Gasteiger partial charge in [0.2, 0.25) is 10.0 Å². The second kappa shape index (κ2) is 7.21. The van der Waals surface area contributed by atoms with Crippen LogP contribution in [0.5, 0.6) is 0 Å². The van der Waals surface area contributed by atoms with E-state index in [0.29, 0.717) is 42.6 Å². The van der Waals surface area contributed by atoms with Crippen molar-refractivity contribution in [1.29, 1.82) is 0 Å². The summed E-state index contributed by atoms with van der Waals surface area (Å²) in [5, 5.41) is 14.3. The Morgan fingerprint density at radius 3 is 2.76 bits per heavy atom. The summed E-state index contributed by atoms with van der Waals surface area (Å²) in [5.41, 5.74) is 6.60. The van der Waals surface area contributed by atoms with Gasteiger partial charge in [0.25, 0.3) is 0 Å². The Kier molecular flexibility index (Phi) is 4.97. The third-order valence-corrected chi connectivity index (χ3v) is 7.23. The van der Waals surface area contributed by atoms with Crippen molar-refractivity contribution >= 4 is 33.1 Å². The average Bonchev–Trinajstić information content (AvgIpc) is 3.09. The number of hydrogen-bond acceptors (Lipinski definition) is 7. The van der Waals surface area contributed by atoms with E-state index in [9.17, 15) is 13.5 Å². The molecule has 0 amide bonds. The first-order chi connectivity index (χ1) is 13.7. The van der Waals surface area contributed by atoms with E-state index >= 15 is 0 Å². The summed E-state index contributed by atoms with van der Waals surface area (Å²) in [6.45, 7) is 1.77. The number of fused-ring (bicyclic) bond motifs is 1. The lowest BCUT2D eigenvalue weighted by Gasteiger charge is -2.33. The SMILES string of the molecule is C[C@]1(O)CC[C@H](NS(=O)(=O)c2cc(-c3cnc4c(N)ncnn34)ccc2Cl)CC1. The number of nitrogens with zero attached hydrogens (tertiary/aromatic N) is 4. The first kappa shape index (κ1) is 20.0. The molecule has 0 radical (unpaired) electrons. The van der Waals surface area contributed by atoms with E-state index in [4.69, 9.17) is 17.3 Å². The molecule has 0 unspecified atom stereocenters. The zero-order valence-electron chi connectivity index (χ0n) is 15.7. The smallest absolute Gasteiger partial charge is 0.242 e. The van der Waals surface area contributed by atoms with Crippen LogP contribution in [0.2, 0.25) is 5.02 Å². The summed E-state index contributed by atoms with van der Waals surface area (Å²) in [5.74, 6) is 0.225. The van der Waals surface area contributed by atoms with Crippen LogP contribution in [-0.2, 0) is 10.0 Å². The first-order valence-corrected chi connectivity index (χ1v) is 11.0. The summed E-state index contributed by atoms with van der Waals surface area (Å²) >= 11 is 6.22. The van der Waals surface area contributed by atoms with Crippen LogP contribution in [-0.4, -0.2) is 44.7 Å². The van der Waals surface area contributed by atoms with Crippen LogP contribution in [0.1, 0.15) is 32.6 Å². The quantitative estimate of drug-likeness (QED) is 0.569. The van der Waals surface area contributed by atoms with Gasteiger partial charge in [0.05, 0.1) is 22.5 Å². The summed E-state index contributed by atoms with van der Waals surface area (Å²) < 4.78 is 30.2. The average molecular weight is 437 g/mol. The Bertz CT molecular complexity index is 1170. The highest BCUT2D eigenvalue weighted by Gasteiger charge is 2.31. The molecule has 29 heavy (non-hydrogen) atoms. The molecule has 0 atom stereocenters. The molecule has 1 aliphatic carbocycles. The molecule has 9 nitrogen and oxygen atoms in total. The van der Waals surface area contributed by atoms with Gasteiger partial charge < -0.3 is 10.8 Å². The third-order valence-electron chi connectivity index (χ3n) is 5.23. The molecule has 4 N–H and O–H groups in total. The second-order valence-electron chi connectivity index (χ2n) is 7.56. The maximum atomic E-state index is 13.0. The van der Waals surface area contributed by atoms with Crippen molar-refractivity contribution in [2.24, 2.45) is 0 Å². The van der Waals surface area contributed by atoms with Crippen molar-refractivity contribution in [3.8, 4) is 11.3 Å². The zero-order valence-corrected chi connectivity index (χ0v) is 17.3. The Labute approximate surface area is 173 Å². The van der Waals surface area contributed by atoms with Crippen LogP contribution in [0.15, 0.2) is 35.6 Å². The fraction of sp³-hybridized carbons (Fsp3) is 0.389. The van der Waals surface area contributed by atoms with Crippen molar-refractivity contribution in [3.05, 3.63) is 35.7 Å². The van der Waals surface area contributed by atoms with Crippen LogP contribution in [0.25, 0.3) is 16.9 Å². The van der Waals surface area contributed by atoms with E-state index in [1.54, 1.807) is 19.2 Å². The minimum absolute atomic E-state index is 0.0222. The van der Waals surface area contributed by atoms with E-state index in [1.165, 1.54) is 23.0 Å². The number of halogens is 1. The van der Waals surface area contributed by atoms with E-state index < -0.39 is 15.6 Å². The standard InChI is InChI=1S/C18H21ClN6O3S/c1-18(26)6-4-12(5-7-18)24-29(27,28)15-8-11(2-3-13(15)19)14-9-21-17-16(20)22-10-23-25(14)17/h2-3,8-10,12,24,26H,4-7H2,1H3,(H2,20,22,23)/t12-,18-. The largest absolute Gasteiger partial charge is 0.390 e. The highest BCUT2D eigenvalue weighted by atomic mass is 35.5. The lowest BCUT2D eigenvalue weighted by Crippen LogP contribution is -2.42. The van der Waals surface area contributed by atoms with Gasteiger partial charge in [0, 0.05) is 11.6 Å². The number of rotatable bonds is 4. The monoisotopic (exact) mass is 436 g/mol. The summed E-state index contributed by atoms with van der Waals surface area (Å²) in [7, 11) is -3.85. The molecular weight excluding hydrogens is 416 g/mol. The van der Waals surface area contributed by atoms with Gasteiger partial charge in [-0.25, -0.2) is 27.6 Å². The first-order valence-electron chi connectivity index (χ1n) is 9.15. The number of aliphatic hydroxyl groups is 1. The molecule has 1 fully saturated rings. The van der Waals surface area contributed by atoms with Crippen LogP contribution < -0.4 is 10.5 Å². The summed E-state index contributed by atoms with van der Waals surface area (Å²) in [6.07, 6.45) is 5.06. The number of nitrogen functional groups attached to an aromatic ring is 1. The molecule has 1 aliphatic rings. The molecule has 2 aromatic heterocycles. The lowest BCUT2D eigenvalue weighted by atomic mass is 9.84. The van der Waals surface area contributed by atoms with Crippen LogP contribution in [0.3, 0.4) is 0 Å². The number of anilines is 1. The molecule has 1 aromatic carbocycles. The fourth-order valence-electron chi connectivity index (χ4n) is 3.54. The number of sulfonamides is 1. The minimum Gasteiger partial charge on any atom is -0.390 e. The lowest BCUT2D eigenvalue weighted by molar-refractivity contribution is 0.0163. The van der Waals surface area contributed by atoms with Gasteiger partial charge in [-0.15, -0.1) is 0 Å². The van der Waals surface area contributed by atoms with Gasteiger partial charge in [0.15, 0.2) is 11.5 Å². The van der Waals surface area contributed by atoms with Crippen molar-refractivity contribution in [3.63, 3.8) is 0 Å². The molecule has 3 aromatic rings. The molecule has 0 bridgehead atoms. The number of imidazole rings is 1. The number of aromatic nitrogens is 4. The van der Waals surface area contributed by atoms with Gasteiger partial charge in [-0.1, -0.05) is 17.7 Å².